The normalized spacial score (nSPS) is 13.2. The van der Waals surface area contributed by atoms with Gasteiger partial charge < -0.3 is 14.2 Å². The molecule has 1 aromatic carbocycles. The predicted molar refractivity (Wildman–Crippen MR) is 100 cm³/mol. The molecule has 138 valence electrons. The van der Waals surface area contributed by atoms with Crippen molar-refractivity contribution in [1.82, 2.24) is 0 Å². The second-order valence-corrected chi connectivity index (χ2v) is 6.66. The van der Waals surface area contributed by atoms with Crippen LogP contribution in [0, 0.1) is 12.8 Å². The van der Waals surface area contributed by atoms with Crippen LogP contribution in [0.15, 0.2) is 24.3 Å². The average Bonchev–Trinajstić information content (AvgIpc) is 2.61. The number of unbranched alkanes of at least 4 members (excludes halogenated alkanes) is 5. The van der Waals surface area contributed by atoms with Crippen molar-refractivity contribution in [2.45, 2.75) is 71.2 Å². The maximum atomic E-state index is 5.65. The van der Waals surface area contributed by atoms with E-state index in [1.54, 1.807) is 21.3 Å². The average molecular weight is 337 g/mol. The minimum atomic E-state index is -0.964. The van der Waals surface area contributed by atoms with Crippen LogP contribution in [0.4, 0.5) is 0 Å². The van der Waals surface area contributed by atoms with E-state index in [-0.39, 0.29) is 5.92 Å². The van der Waals surface area contributed by atoms with Gasteiger partial charge in [-0.25, -0.2) is 0 Å². The highest BCUT2D eigenvalue weighted by Crippen LogP contribution is 2.31. The zero-order valence-corrected chi connectivity index (χ0v) is 16.3. The molecule has 0 aliphatic heterocycles. The van der Waals surface area contributed by atoms with E-state index < -0.39 is 5.97 Å². The van der Waals surface area contributed by atoms with E-state index in [1.165, 1.54) is 49.7 Å². The van der Waals surface area contributed by atoms with Gasteiger partial charge in [0.25, 0.3) is 5.97 Å². The Morgan fingerprint density at radius 1 is 0.833 bits per heavy atom. The van der Waals surface area contributed by atoms with Gasteiger partial charge in [0.1, 0.15) is 0 Å². The monoisotopic (exact) mass is 336 g/mol. The molecule has 0 saturated carbocycles. The van der Waals surface area contributed by atoms with Crippen molar-refractivity contribution < 1.29 is 14.2 Å². The van der Waals surface area contributed by atoms with Gasteiger partial charge in [-0.3, -0.25) is 0 Å². The van der Waals surface area contributed by atoms with E-state index in [0.29, 0.717) is 0 Å². The predicted octanol–water partition coefficient (Wildman–Crippen LogP) is 5.50. The first-order valence-corrected chi connectivity index (χ1v) is 9.32. The van der Waals surface area contributed by atoms with Crippen LogP contribution in [0.5, 0.6) is 0 Å². The van der Waals surface area contributed by atoms with Gasteiger partial charge in [0, 0.05) is 27.2 Å². The second kappa shape index (κ2) is 11.6. The number of hydrogen-bond acceptors (Lipinski definition) is 3. The minimum absolute atomic E-state index is 0.173. The van der Waals surface area contributed by atoms with E-state index in [9.17, 15) is 0 Å². The summed E-state index contributed by atoms with van der Waals surface area (Å²) in [7, 11) is 4.99. The lowest BCUT2D eigenvalue weighted by Gasteiger charge is -2.36. The zero-order valence-electron chi connectivity index (χ0n) is 16.3. The van der Waals surface area contributed by atoms with Gasteiger partial charge >= 0.3 is 0 Å². The third kappa shape index (κ3) is 6.54. The standard InChI is InChI=1S/C21H36O3/c1-6-7-8-9-10-11-12-20(21(22-3,23-4)24-5)17-19-15-13-18(2)14-16-19/h13-16,20H,6-12,17H2,1-5H3. The molecule has 0 aliphatic rings. The van der Waals surface area contributed by atoms with Gasteiger partial charge in [-0.05, 0) is 25.3 Å². The fraction of sp³-hybridized carbons (Fsp3) is 0.714. The van der Waals surface area contributed by atoms with E-state index in [2.05, 4.69) is 38.1 Å². The molecule has 0 heterocycles. The topological polar surface area (TPSA) is 27.7 Å². The molecule has 0 saturated heterocycles. The van der Waals surface area contributed by atoms with E-state index in [4.69, 9.17) is 14.2 Å². The maximum absolute atomic E-state index is 5.65. The minimum Gasteiger partial charge on any atom is -0.331 e. The molecule has 3 nitrogen and oxygen atoms in total. The van der Waals surface area contributed by atoms with Crippen molar-refractivity contribution in [3.63, 3.8) is 0 Å². The number of ether oxygens (including phenoxy) is 3. The summed E-state index contributed by atoms with van der Waals surface area (Å²) in [5.41, 5.74) is 2.58. The zero-order chi connectivity index (χ0) is 17.8. The summed E-state index contributed by atoms with van der Waals surface area (Å²) in [6.45, 7) is 4.36. The Hall–Kier alpha value is -0.900. The number of aryl methyl sites for hydroxylation is 1. The van der Waals surface area contributed by atoms with E-state index in [0.717, 1.165) is 12.8 Å². The van der Waals surface area contributed by atoms with E-state index >= 15 is 0 Å². The molecular weight excluding hydrogens is 300 g/mol. The van der Waals surface area contributed by atoms with Gasteiger partial charge in [0.2, 0.25) is 0 Å². The summed E-state index contributed by atoms with van der Waals surface area (Å²) in [6, 6.07) is 8.70. The van der Waals surface area contributed by atoms with Crippen molar-refractivity contribution in [2.24, 2.45) is 5.92 Å². The molecule has 0 aliphatic carbocycles. The van der Waals surface area contributed by atoms with Crippen LogP contribution in [0.25, 0.3) is 0 Å². The molecular formula is C21H36O3. The Labute approximate surface area is 148 Å². The molecule has 1 unspecified atom stereocenters. The highest BCUT2D eigenvalue weighted by molar-refractivity contribution is 5.21. The lowest BCUT2D eigenvalue weighted by molar-refractivity contribution is -0.379. The third-order valence-electron chi connectivity index (χ3n) is 4.86. The Kier molecular flexibility index (Phi) is 10.2. The number of methoxy groups -OCH3 is 3. The fourth-order valence-electron chi connectivity index (χ4n) is 3.33. The molecule has 0 radical (unpaired) electrons. The van der Waals surface area contributed by atoms with Crippen LogP contribution in [0.3, 0.4) is 0 Å². The first kappa shape index (κ1) is 21.1. The van der Waals surface area contributed by atoms with Crippen LogP contribution < -0.4 is 0 Å². The third-order valence-corrected chi connectivity index (χ3v) is 4.86. The molecule has 0 bridgehead atoms. The van der Waals surface area contributed by atoms with Crippen LogP contribution in [0.2, 0.25) is 0 Å². The van der Waals surface area contributed by atoms with Crippen molar-refractivity contribution in [3.05, 3.63) is 35.4 Å². The Bertz CT molecular complexity index is 415. The number of benzene rings is 1. The van der Waals surface area contributed by atoms with Crippen molar-refractivity contribution in [1.29, 1.82) is 0 Å². The van der Waals surface area contributed by atoms with Crippen molar-refractivity contribution in [2.75, 3.05) is 21.3 Å². The highest BCUT2D eigenvalue weighted by Gasteiger charge is 2.39. The number of rotatable bonds is 13. The summed E-state index contributed by atoms with van der Waals surface area (Å²) in [5, 5.41) is 0. The van der Waals surface area contributed by atoms with Gasteiger partial charge in [-0.15, -0.1) is 0 Å². The molecule has 24 heavy (non-hydrogen) atoms. The number of hydrogen-bond donors (Lipinski definition) is 0. The van der Waals surface area contributed by atoms with Gasteiger partial charge in [0.15, 0.2) is 0 Å². The van der Waals surface area contributed by atoms with Gasteiger partial charge in [-0.1, -0.05) is 75.3 Å². The molecule has 1 atom stereocenters. The summed E-state index contributed by atoms with van der Waals surface area (Å²) < 4.78 is 16.9. The molecule has 0 fully saturated rings. The lowest BCUT2D eigenvalue weighted by atomic mass is 9.90. The summed E-state index contributed by atoms with van der Waals surface area (Å²) in [5.74, 6) is -0.791. The van der Waals surface area contributed by atoms with Crippen LogP contribution in [-0.2, 0) is 20.6 Å². The largest absolute Gasteiger partial charge is 0.331 e. The summed E-state index contributed by atoms with van der Waals surface area (Å²) in [4.78, 5) is 0. The fourth-order valence-corrected chi connectivity index (χ4v) is 3.33. The van der Waals surface area contributed by atoms with Crippen molar-refractivity contribution in [3.8, 4) is 0 Å². The Balaban J connectivity index is 2.69. The highest BCUT2D eigenvalue weighted by atomic mass is 16.9. The smallest absolute Gasteiger partial charge is 0.285 e. The quantitative estimate of drug-likeness (QED) is 0.352. The molecule has 1 aromatic rings. The molecule has 1 rings (SSSR count). The van der Waals surface area contributed by atoms with Crippen LogP contribution in [-0.4, -0.2) is 27.3 Å². The first-order valence-electron chi connectivity index (χ1n) is 9.32. The summed E-state index contributed by atoms with van der Waals surface area (Å²) >= 11 is 0. The molecule has 3 heteroatoms. The molecule has 0 aromatic heterocycles. The molecule has 0 spiro atoms. The first-order chi connectivity index (χ1) is 11.6. The van der Waals surface area contributed by atoms with Crippen LogP contribution >= 0.6 is 0 Å². The lowest BCUT2D eigenvalue weighted by Crippen LogP contribution is -2.45. The summed E-state index contributed by atoms with van der Waals surface area (Å²) in [6.07, 6.45) is 9.64. The van der Waals surface area contributed by atoms with Crippen molar-refractivity contribution >= 4 is 0 Å². The molecule has 0 amide bonds. The van der Waals surface area contributed by atoms with Gasteiger partial charge in [-0.2, -0.15) is 0 Å². The van der Waals surface area contributed by atoms with E-state index in [1.807, 2.05) is 0 Å². The molecule has 0 N–H and O–H groups in total. The second-order valence-electron chi connectivity index (χ2n) is 6.66. The maximum Gasteiger partial charge on any atom is 0.285 e. The Morgan fingerprint density at radius 2 is 1.38 bits per heavy atom. The SMILES string of the molecule is CCCCCCCCC(Cc1ccc(C)cc1)C(OC)(OC)OC. The van der Waals surface area contributed by atoms with Gasteiger partial charge in [0.05, 0.1) is 0 Å². The Morgan fingerprint density at radius 3 is 1.92 bits per heavy atom. The van der Waals surface area contributed by atoms with Crippen LogP contribution in [0.1, 0.15) is 63.0 Å².